The largest absolute Gasteiger partial charge is 0.345 e. The lowest BCUT2D eigenvalue weighted by Gasteiger charge is -2.26. The van der Waals surface area contributed by atoms with Gasteiger partial charge in [-0.15, -0.1) is 11.3 Å². The third-order valence-corrected chi connectivity index (χ3v) is 12.3. The van der Waals surface area contributed by atoms with Gasteiger partial charge in [-0.3, -0.25) is 0 Å². The number of aromatic nitrogens is 2. The van der Waals surface area contributed by atoms with Crippen molar-refractivity contribution in [2.75, 3.05) is 0 Å². The van der Waals surface area contributed by atoms with Gasteiger partial charge in [0.25, 0.3) is 0 Å². The predicted octanol–water partition coefficient (Wildman–Crippen LogP) is 10.9. The quantitative estimate of drug-likeness (QED) is 0.196. The molecule has 1 aliphatic rings. The highest BCUT2D eigenvalue weighted by Crippen LogP contribution is 2.43. The molecule has 4 nitrogen and oxygen atoms in total. The fraction of sp³-hybridized carbons (Fsp3) is 0.0208. The molecule has 12 rings (SSSR count). The van der Waals surface area contributed by atoms with Crippen molar-refractivity contribution in [1.82, 2.24) is 14.5 Å². The molecule has 0 amide bonds. The summed E-state index contributed by atoms with van der Waals surface area (Å²) in [5, 5.41) is 16.2. The van der Waals surface area contributed by atoms with Gasteiger partial charge in [-0.2, -0.15) is 0 Å². The third-order valence-electron chi connectivity index (χ3n) is 11.1. The highest BCUT2D eigenvalue weighted by molar-refractivity contribution is 7.26. The Hall–Kier alpha value is -6.69. The Kier molecular flexibility index (Phi) is 5.96. The summed E-state index contributed by atoms with van der Waals surface area (Å²) >= 11 is 1.87. The summed E-state index contributed by atoms with van der Waals surface area (Å²) in [5.41, 5.74) is 8.08. The highest BCUT2D eigenvalue weighted by atomic mass is 32.1. The first kappa shape index (κ1) is 28.9. The Morgan fingerprint density at radius 2 is 1.13 bits per heavy atom. The fourth-order valence-electron chi connectivity index (χ4n) is 8.89. The van der Waals surface area contributed by atoms with Gasteiger partial charge in [0.2, 0.25) is 6.29 Å². The number of nitrogens with zero attached hydrogens (tertiary/aromatic N) is 3. The normalized spacial score (nSPS) is 14.5. The van der Waals surface area contributed by atoms with Gasteiger partial charge < -0.3 is 14.5 Å². The van der Waals surface area contributed by atoms with E-state index in [1.165, 1.54) is 69.0 Å². The van der Waals surface area contributed by atoms with Gasteiger partial charge in [0, 0.05) is 63.6 Å². The van der Waals surface area contributed by atoms with Crippen molar-refractivity contribution >= 4 is 91.6 Å². The zero-order valence-electron chi connectivity index (χ0n) is 28.5. The molecule has 1 atom stereocenters. The van der Waals surface area contributed by atoms with Crippen molar-refractivity contribution in [1.29, 1.82) is 0 Å². The molecule has 0 saturated carbocycles. The molecule has 1 aliphatic heterocycles. The Balaban J connectivity index is 1.12. The van der Waals surface area contributed by atoms with Gasteiger partial charge in [0.1, 0.15) is 0 Å². The summed E-state index contributed by atoms with van der Waals surface area (Å²) in [5.74, 6) is 0. The second-order valence-electron chi connectivity index (χ2n) is 13.9. The molecule has 3 aromatic heterocycles. The topological polar surface area (TPSA) is 34.2 Å². The van der Waals surface area contributed by atoms with Crippen molar-refractivity contribution in [3.63, 3.8) is 0 Å². The van der Waals surface area contributed by atoms with Gasteiger partial charge in [0.15, 0.2) is 0 Å². The number of para-hydroxylation sites is 4. The minimum Gasteiger partial charge on any atom is -0.345 e. The van der Waals surface area contributed by atoms with Crippen LogP contribution in [0.15, 0.2) is 175 Å². The number of benzene rings is 8. The van der Waals surface area contributed by atoms with Crippen LogP contribution in [0.4, 0.5) is 0 Å². The zero-order chi connectivity index (χ0) is 34.6. The smallest absolute Gasteiger partial charge is 0.201 e. The molecular weight excluding hydrogens is 665 g/mol. The van der Waals surface area contributed by atoms with E-state index in [1.54, 1.807) is 0 Å². The molecule has 0 spiro atoms. The maximum absolute atomic E-state index is 5.46. The minimum atomic E-state index is -0.376. The van der Waals surface area contributed by atoms with Gasteiger partial charge in [-0.05, 0) is 53.9 Å². The van der Waals surface area contributed by atoms with Crippen LogP contribution in [0.3, 0.4) is 0 Å². The lowest BCUT2D eigenvalue weighted by molar-refractivity contribution is 0.490. The van der Waals surface area contributed by atoms with E-state index in [-0.39, 0.29) is 6.29 Å². The SMILES string of the molecule is c1ccc(-n2c3ccccc3c3ccc(C4=c5ccccc5=NC(n5c6ccccc6c6ccc7c(ccc8sc9ccccc9c87)c65)N4)cc32)cc1. The lowest BCUT2D eigenvalue weighted by atomic mass is 10.0. The van der Waals surface area contributed by atoms with Crippen molar-refractivity contribution < 1.29 is 0 Å². The average molecular weight is 695 g/mol. The lowest BCUT2D eigenvalue weighted by Crippen LogP contribution is -2.41. The Morgan fingerprint density at radius 3 is 2.02 bits per heavy atom. The van der Waals surface area contributed by atoms with E-state index >= 15 is 0 Å². The van der Waals surface area contributed by atoms with E-state index in [4.69, 9.17) is 4.99 Å². The number of hydrogen-bond donors (Lipinski definition) is 1. The molecule has 0 saturated heterocycles. The number of hydrogen-bond acceptors (Lipinski definition) is 3. The van der Waals surface area contributed by atoms with Crippen LogP contribution in [-0.2, 0) is 0 Å². The summed E-state index contributed by atoms with van der Waals surface area (Å²) in [6, 6.07) is 61.7. The van der Waals surface area contributed by atoms with Crippen LogP contribution in [-0.4, -0.2) is 9.13 Å². The van der Waals surface area contributed by atoms with E-state index in [2.05, 4.69) is 184 Å². The van der Waals surface area contributed by atoms with Crippen molar-refractivity contribution in [2.45, 2.75) is 6.29 Å². The molecule has 5 heteroatoms. The molecule has 248 valence electrons. The molecular formula is C48H30N4S. The monoisotopic (exact) mass is 694 g/mol. The van der Waals surface area contributed by atoms with Crippen LogP contribution in [0.5, 0.6) is 0 Å². The molecule has 1 unspecified atom stereocenters. The third kappa shape index (κ3) is 4.08. The summed E-state index contributed by atoms with van der Waals surface area (Å²) in [6.07, 6.45) is -0.376. The molecule has 0 radical (unpaired) electrons. The van der Waals surface area contributed by atoms with Crippen LogP contribution in [0.2, 0.25) is 0 Å². The minimum absolute atomic E-state index is 0.376. The summed E-state index contributed by atoms with van der Waals surface area (Å²) in [7, 11) is 0. The molecule has 0 fully saturated rings. The second-order valence-corrected chi connectivity index (χ2v) is 15.0. The van der Waals surface area contributed by atoms with Crippen molar-refractivity contribution in [3.8, 4) is 5.69 Å². The summed E-state index contributed by atoms with van der Waals surface area (Å²) in [6.45, 7) is 0. The second kappa shape index (κ2) is 10.9. The molecule has 0 bridgehead atoms. The van der Waals surface area contributed by atoms with Gasteiger partial charge in [0.05, 0.1) is 33.1 Å². The first-order valence-electron chi connectivity index (χ1n) is 18.1. The van der Waals surface area contributed by atoms with Gasteiger partial charge >= 0.3 is 0 Å². The number of rotatable bonds is 3. The molecule has 53 heavy (non-hydrogen) atoms. The average Bonchev–Trinajstić information content (AvgIpc) is 3.88. The summed E-state index contributed by atoms with van der Waals surface area (Å²) in [4.78, 5) is 5.46. The van der Waals surface area contributed by atoms with E-state index in [0.717, 1.165) is 33.0 Å². The van der Waals surface area contributed by atoms with Crippen LogP contribution < -0.4 is 15.9 Å². The Labute approximate surface area is 307 Å². The number of thiophene rings is 1. The van der Waals surface area contributed by atoms with Gasteiger partial charge in [-0.1, -0.05) is 121 Å². The maximum Gasteiger partial charge on any atom is 0.201 e. The predicted molar refractivity (Wildman–Crippen MR) is 223 cm³/mol. The first-order valence-corrected chi connectivity index (χ1v) is 18.9. The molecule has 0 aliphatic carbocycles. The molecule has 8 aromatic carbocycles. The zero-order valence-corrected chi connectivity index (χ0v) is 29.3. The van der Waals surface area contributed by atoms with Crippen molar-refractivity contribution in [3.05, 3.63) is 186 Å². The van der Waals surface area contributed by atoms with Crippen LogP contribution in [0.1, 0.15) is 11.9 Å². The first-order chi connectivity index (χ1) is 26.3. The Morgan fingerprint density at radius 1 is 0.491 bits per heavy atom. The molecule has 1 N–H and O–H groups in total. The molecule has 4 heterocycles. The summed E-state index contributed by atoms with van der Waals surface area (Å²) < 4.78 is 7.45. The van der Waals surface area contributed by atoms with Crippen LogP contribution in [0.25, 0.3) is 85.9 Å². The van der Waals surface area contributed by atoms with Crippen LogP contribution in [0, 0.1) is 0 Å². The standard InChI is InChI=1S/C48H30N4S/c1-2-12-30(13-3-1)51-40-19-9-5-14-31(40)33-23-22-29(28-42(33)51)46-37-16-4-8-18-39(37)49-48(50-46)52-41-20-10-6-15-32(41)35-25-24-34-36(47(35)52)26-27-44-45(34)38-17-7-11-21-43(38)53-44/h1-28,48,50H. The fourth-order valence-corrected chi connectivity index (χ4v) is 10.0. The highest BCUT2D eigenvalue weighted by Gasteiger charge is 2.24. The van der Waals surface area contributed by atoms with Gasteiger partial charge in [-0.25, -0.2) is 4.99 Å². The van der Waals surface area contributed by atoms with Crippen molar-refractivity contribution in [2.24, 2.45) is 4.99 Å². The van der Waals surface area contributed by atoms with E-state index in [1.807, 2.05) is 11.3 Å². The van der Waals surface area contributed by atoms with E-state index < -0.39 is 0 Å². The Bertz CT molecular complexity index is 3440. The van der Waals surface area contributed by atoms with E-state index in [0.29, 0.717) is 0 Å². The van der Waals surface area contributed by atoms with E-state index in [9.17, 15) is 0 Å². The maximum atomic E-state index is 5.46. The number of fused-ring (bicyclic) bond motifs is 13. The molecule has 11 aromatic rings. The van der Waals surface area contributed by atoms with Crippen LogP contribution >= 0.6 is 11.3 Å². The number of nitrogens with one attached hydrogen (secondary N) is 1.